The van der Waals surface area contributed by atoms with Gasteiger partial charge in [-0.15, -0.1) is 11.3 Å². The molecule has 0 saturated heterocycles. The van der Waals surface area contributed by atoms with Gasteiger partial charge >= 0.3 is 0 Å². The first-order valence-corrected chi connectivity index (χ1v) is 9.27. The summed E-state index contributed by atoms with van der Waals surface area (Å²) in [6, 6.07) is 11.1. The monoisotopic (exact) mass is 368 g/mol. The Bertz CT molecular complexity index is 976. The lowest BCUT2D eigenvalue weighted by Crippen LogP contribution is -2.23. The van der Waals surface area contributed by atoms with Crippen molar-refractivity contribution in [2.24, 2.45) is 7.05 Å². The van der Waals surface area contributed by atoms with Gasteiger partial charge in [0, 0.05) is 24.1 Å². The molecule has 1 atom stereocenters. The van der Waals surface area contributed by atoms with E-state index in [2.05, 4.69) is 53.5 Å². The fourth-order valence-electron chi connectivity index (χ4n) is 2.47. The van der Waals surface area contributed by atoms with Crippen LogP contribution in [0.3, 0.4) is 0 Å². The summed E-state index contributed by atoms with van der Waals surface area (Å²) in [5.41, 5.74) is 3.03. The van der Waals surface area contributed by atoms with Crippen molar-refractivity contribution in [2.75, 3.05) is 5.32 Å². The van der Waals surface area contributed by atoms with Gasteiger partial charge in [-0.1, -0.05) is 38.1 Å². The van der Waals surface area contributed by atoms with Crippen LogP contribution in [0, 0.1) is 0 Å². The molecule has 0 aliphatic rings. The van der Waals surface area contributed by atoms with Gasteiger partial charge in [0.25, 0.3) is 11.5 Å². The minimum absolute atomic E-state index is 0.168. The SMILES string of the molecule is CC[C@H](C)c1ccc(-c2csc(NC(=O)c3ccc(=O)n(C)n3)n2)cc1. The molecular formula is C19H20N4O2S. The standard InChI is InChI=1S/C19H20N4O2S/c1-4-12(2)13-5-7-14(8-6-13)16-11-26-19(20-16)21-18(25)15-9-10-17(24)23(3)22-15/h5-12H,4H2,1-3H3,(H,20,21,25)/t12-/m0/s1. The first-order valence-electron chi connectivity index (χ1n) is 8.39. The number of anilines is 1. The van der Waals surface area contributed by atoms with Crippen LogP contribution in [0.15, 0.2) is 46.6 Å². The first-order chi connectivity index (χ1) is 12.5. The Hall–Kier alpha value is -2.80. The van der Waals surface area contributed by atoms with Crippen LogP contribution >= 0.6 is 11.3 Å². The lowest BCUT2D eigenvalue weighted by Gasteiger charge is -2.08. The molecule has 1 N–H and O–H groups in total. The van der Waals surface area contributed by atoms with Crippen molar-refractivity contribution in [3.05, 3.63) is 63.4 Å². The Morgan fingerprint density at radius 3 is 2.62 bits per heavy atom. The van der Waals surface area contributed by atoms with Gasteiger partial charge in [0.15, 0.2) is 5.13 Å². The summed E-state index contributed by atoms with van der Waals surface area (Å²) >= 11 is 1.35. The van der Waals surface area contributed by atoms with E-state index in [9.17, 15) is 9.59 Å². The molecule has 3 aromatic rings. The summed E-state index contributed by atoms with van der Waals surface area (Å²) in [7, 11) is 1.50. The summed E-state index contributed by atoms with van der Waals surface area (Å²) in [5, 5.41) is 9.06. The van der Waals surface area contributed by atoms with Gasteiger partial charge in [-0.25, -0.2) is 9.67 Å². The number of carbonyl (C=O) groups excluding carboxylic acids is 1. The molecule has 0 aliphatic heterocycles. The second kappa shape index (κ2) is 7.61. The zero-order valence-electron chi connectivity index (χ0n) is 14.9. The predicted molar refractivity (Wildman–Crippen MR) is 104 cm³/mol. The molecule has 1 amide bonds. The predicted octanol–water partition coefficient (Wildman–Crippen LogP) is 3.67. The molecule has 3 rings (SSSR count). The van der Waals surface area contributed by atoms with Gasteiger partial charge in [0.1, 0.15) is 5.69 Å². The van der Waals surface area contributed by atoms with Crippen molar-refractivity contribution in [3.63, 3.8) is 0 Å². The average molecular weight is 368 g/mol. The zero-order valence-corrected chi connectivity index (χ0v) is 15.7. The highest BCUT2D eigenvalue weighted by Crippen LogP contribution is 2.27. The summed E-state index contributed by atoms with van der Waals surface area (Å²) in [6.07, 6.45) is 1.10. The molecule has 134 valence electrons. The smallest absolute Gasteiger partial charge is 0.277 e. The maximum absolute atomic E-state index is 12.3. The third kappa shape index (κ3) is 3.88. The Kier molecular flexibility index (Phi) is 5.27. The highest BCUT2D eigenvalue weighted by atomic mass is 32.1. The Morgan fingerprint density at radius 2 is 1.96 bits per heavy atom. The fourth-order valence-corrected chi connectivity index (χ4v) is 3.18. The first kappa shape index (κ1) is 18.0. The highest BCUT2D eigenvalue weighted by Gasteiger charge is 2.12. The second-order valence-corrected chi connectivity index (χ2v) is 6.96. The molecule has 7 heteroatoms. The number of aromatic nitrogens is 3. The Morgan fingerprint density at radius 1 is 1.23 bits per heavy atom. The topological polar surface area (TPSA) is 76.9 Å². The van der Waals surface area contributed by atoms with Gasteiger partial charge in [0.2, 0.25) is 0 Å². The van der Waals surface area contributed by atoms with Crippen LogP contribution in [-0.2, 0) is 7.05 Å². The number of nitrogens with zero attached hydrogens (tertiary/aromatic N) is 3. The van der Waals surface area contributed by atoms with E-state index in [1.165, 1.54) is 36.1 Å². The molecule has 0 saturated carbocycles. The van der Waals surface area contributed by atoms with E-state index in [0.717, 1.165) is 22.4 Å². The maximum atomic E-state index is 12.3. The van der Waals surface area contributed by atoms with E-state index in [1.54, 1.807) is 0 Å². The largest absolute Gasteiger partial charge is 0.296 e. The van der Waals surface area contributed by atoms with Crippen LogP contribution < -0.4 is 10.9 Å². The van der Waals surface area contributed by atoms with E-state index in [1.807, 2.05) is 5.38 Å². The van der Waals surface area contributed by atoms with E-state index in [0.29, 0.717) is 11.0 Å². The van der Waals surface area contributed by atoms with Crippen molar-refractivity contribution in [1.82, 2.24) is 14.8 Å². The van der Waals surface area contributed by atoms with Crippen molar-refractivity contribution in [2.45, 2.75) is 26.2 Å². The molecule has 2 heterocycles. The molecule has 0 bridgehead atoms. The van der Waals surface area contributed by atoms with E-state index < -0.39 is 5.91 Å². The zero-order chi connectivity index (χ0) is 18.7. The number of carbonyl (C=O) groups is 1. The minimum atomic E-state index is -0.395. The molecule has 0 fully saturated rings. The third-order valence-corrected chi connectivity index (χ3v) is 5.06. The van der Waals surface area contributed by atoms with Crippen LogP contribution in [0.25, 0.3) is 11.3 Å². The lowest BCUT2D eigenvalue weighted by molar-refractivity contribution is 0.102. The van der Waals surface area contributed by atoms with E-state index >= 15 is 0 Å². The molecule has 0 unspecified atom stereocenters. The van der Waals surface area contributed by atoms with Gasteiger partial charge in [-0.2, -0.15) is 5.10 Å². The summed E-state index contributed by atoms with van der Waals surface area (Å²) < 4.78 is 1.13. The van der Waals surface area contributed by atoms with Crippen molar-refractivity contribution < 1.29 is 4.79 Å². The van der Waals surface area contributed by atoms with Crippen molar-refractivity contribution >= 4 is 22.4 Å². The summed E-state index contributed by atoms with van der Waals surface area (Å²) in [5.74, 6) is 0.136. The van der Waals surface area contributed by atoms with Crippen LogP contribution in [0.2, 0.25) is 0 Å². The van der Waals surface area contributed by atoms with Gasteiger partial charge in [-0.3, -0.25) is 14.9 Å². The van der Waals surface area contributed by atoms with Gasteiger partial charge < -0.3 is 0 Å². The molecule has 6 nitrogen and oxygen atoms in total. The molecule has 0 radical (unpaired) electrons. The molecule has 2 aromatic heterocycles. The molecule has 1 aromatic carbocycles. The number of benzene rings is 1. The summed E-state index contributed by atoms with van der Waals surface area (Å²) in [4.78, 5) is 28.1. The number of aryl methyl sites for hydroxylation is 1. The Balaban J connectivity index is 1.74. The van der Waals surface area contributed by atoms with Crippen LogP contribution in [0.5, 0.6) is 0 Å². The number of thiazole rings is 1. The van der Waals surface area contributed by atoms with Crippen LogP contribution in [0.1, 0.15) is 42.2 Å². The van der Waals surface area contributed by atoms with Crippen LogP contribution in [0.4, 0.5) is 5.13 Å². The minimum Gasteiger partial charge on any atom is -0.296 e. The van der Waals surface area contributed by atoms with E-state index in [4.69, 9.17) is 0 Å². The number of amides is 1. The fraction of sp³-hybridized carbons (Fsp3) is 0.263. The van der Waals surface area contributed by atoms with Gasteiger partial charge in [-0.05, 0) is 24.0 Å². The van der Waals surface area contributed by atoms with Crippen LogP contribution in [-0.4, -0.2) is 20.7 Å². The van der Waals surface area contributed by atoms with Gasteiger partial charge in [0.05, 0.1) is 5.69 Å². The third-order valence-electron chi connectivity index (χ3n) is 4.31. The quantitative estimate of drug-likeness (QED) is 0.745. The lowest BCUT2D eigenvalue weighted by atomic mass is 9.97. The number of hydrogen-bond donors (Lipinski definition) is 1. The van der Waals surface area contributed by atoms with Crippen molar-refractivity contribution in [3.8, 4) is 11.3 Å². The van der Waals surface area contributed by atoms with E-state index in [-0.39, 0.29) is 11.3 Å². The normalized spacial score (nSPS) is 12.0. The molecule has 26 heavy (non-hydrogen) atoms. The molecule has 0 aliphatic carbocycles. The maximum Gasteiger partial charge on any atom is 0.277 e. The number of hydrogen-bond acceptors (Lipinski definition) is 5. The van der Waals surface area contributed by atoms with Crippen molar-refractivity contribution in [1.29, 1.82) is 0 Å². The Labute approximate surface area is 155 Å². The average Bonchev–Trinajstić information content (AvgIpc) is 3.11. The molecular weight excluding hydrogens is 348 g/mol. The highest BCUT2D eigenvalue weighted by molar-refractivity contribution is 7.14. The number of nitrogens with one attached hydrogen (secondary N) is 1. The molecule has 0 spiro atoms. The number of rotatable bonds is 5. The summed E-state index contributed by atoms with van der Waals surface area (Å²) in [6.45, 7) is 4.38. The second-order valence-electron chi connectivity index (χ2n) is 6.10.